The SMILES string of the molecule is N#CC(SS)c1ccccc1. The van der Waals surface area contributed by atoms with Crippen molar-refractivity contribution in [3.05, 3.63) is 35.9 Å². The molecule has 0 radical (unpaired) electrons. The van der Waals surface area contributed by atoms with Gasteiger partial charge >= 0.3 is 0 Å². The highest BCUT2D eigenvalue weighted by molar-refractivity contribution is 8.68. The van der Waals surface area contributed by atoms with Gasteiger partial charge < -0.3 is 0 Å². The highest BCUT2D eigenvalue weighted by Gasteiger charge is 2.06. The van der Waals surface area contributed by atoms with Crippen LogP contribution in [0, 0.1) is 11.3 Å². The maximum Gasteiger partial charge on any atom is 0.127 e. The smallest absolute Gasteiger partial charge is 0.127 e. The molecule has 1 unspecified atom stereocenters. The standard InChI is InChI=1S/C8H7NS2/c9-6-8(11-10)7-4-2-1-3-5-7/h1-5,8,10H. The number of benzene rings is 1. The molecule has 3 heteroatoms. The summed E-state index contributed by atoms with van der Waals surface area (Å²) < 4.78 is 0. The molecule has 0 N–H and O–H groups in total. The molecule has 0 aliphatic heterocycles. The zero-order valence-corrected chi connectivity index (χ0v) is 7.48. The van der Waals surface area contributed by atoms with Crippen molar-refractivity contribution in [2.24, 2.45) is 0 Å². The summed E-state index contributed by atoms with van der Waals surface area (Å²) in [5.41, 5.74) is 1.01. The van der Waals surface area contributed by atoms with Crippen LogP contribution in [0.2, 0.25) is 0 Å². The van der Waals surface area contributed by atoms with E-state index in [4.69, 9.17) is 5.26 Å². The summed E-state index contributed by atoms with van der Waals surface area (Å²) >= 11 is 4.00. The van der Waals surface area contributed by atoms with E-state index in [0.29, 0.717) is 0 Å². The second-order valence-electron chi connectivity index (χ2n) is 2.03. The van der Waals surface area contributed by atoms with Crippen molar-refractivity contribution in [1.82, 2.24) is 0 Å². The van der Waals surface area contributed by atoms with Crippen LogP contribution < -0.4 is 0 Å². The van der Waals surface area contributed by atoms with E-state index in [-0.39, 0.29) is 5.25 Å². The molecule has 56 valence electrons. The Labute approximate surface area is 75.2 Å². The Morgan fingerprint density at radius 1 is 1.36 bits per heavy atom. The average Bonchev–Trinajstić information content (AvgIpc) is 2.09. The molecule has 0 aliphatic rings. The maximum atomic E-state index is 8.66. The first-order chi connectivity index (χ1) is 5.38. The van der Waals surface area contributed by atoms with E-state index in [2.05, 4.69) is 17.7 Å². The molecule has 0 aliphatic carbocycles. The largest absolute Gasteiger partial charge is 0.197 e. The van der Waals surface area contributed by atoms with Crippen LogP contribution in [0.5, 0.6) is 0 Å². The predicted molar refractivity (Wildman–Crippen MR) is 51.4 cm³/mol. The van der Waals surface area contributed by atoms with Crippen molar-refractivity contribution in [2.75, 3.05) is 0 Å². The lowest BCUT2D eigenvalue weighted by Gasteiger charge is -2.02. The van der Waals surface area contributed by atoms with Crippen molar-refractivity contribution in [3.63, 3.8) is 0 Å². The van der Waals surface area contributed by atoms with E-state index in [1.54, 1.807) is 0 Å². The summed E-state index contributed by atoms with van der Waals surface area (Å²) in [5.74, 6) is 0. The van der Waals surface area contributed by atoms with Gasteiger partial charge in [-0.05, 0) is 5.56 Å². The van der Waals surface area contributed by atoms with Gasteiger partial charge in [0.05, 0.1) is 6.07 Å². The van der Waals surface area contributed by atoms with Gasteiger partial charge in [-0.25, -0.2) is 0 Å². The van der Waals surface area contributed by atoms with Crippen LogP contribution in [-0.2, 0) is 0 Å². The third-order valence-electron chi connectivity index (χ3n) is 1.32. The topological polar surface area (TPSA) is 23.8 Å². The number of rotatable bonds is 2. The van der Waals surface area contributed by atoms with Gasteiger partial charge in [-0.1, -0.05) is 41.1 Å². The lowest BCUT2D eigenvalue weighted by molar-refractivity contribution is 1.24. The molecule has 1 atom stereocenters. The van der Waals surface area contributed by atoms with Crippen LogP contribution in [0.4, 0.5) is 0 Å². The normalized spacial score (nSPS) is 12.0. The van der Waals surface area contributed by atoms with Gasteiger partial charge in [-0.2, -0.15) is 5.26 Å². The number of hydrogen-bond donors (Lipinski definition) is 1. The van der Waals surface area contributed by atoms with Gasteiger partial charge in [0.15, 0.2) is 0 Å². The van der Waals surface area contributed by atoms with E-state index in [1.165, 1.54) is 10.8 Å². The van der Waals surface area contributed by atoms with Crippen molar-refractivity contribution >= 4 is 22.5 Å². The fraction of sp³-hybridized carbons (Fsp3) is 0.125. The maximum absolute atomic E-state index is 8.66. The quantitative estimate of drug-likeness (QED) is 0.560. The van der Waals surface area contributed by atoms with E-state index >= 15 is 0 Å². The Hall–Kier alpha value is -0.590. The summed E-state index contributed by atoms with van der Waals surface area (Å²) in [4.78, 5) is 0. The summed E-state index contributed by atoms with van der Waals surface area (Å²) in [6.07, 6.45) is 0. The van der Waals surface area contributed by atoms with Crippen LogP contribution >= 0.6 is 22.5 Å². The van der Waals surface area contributed by atoms with Crippen molar-refractivity contribution in [2.45, 2.75) is 5.25 Å². The molecule has 0 amide bonds. The fourth-order valence-electron chi connectivity index (χ4n) is 0.787. The lowest BCUT2D eigenvalue weighted by atomic mass is 10.2. The molecule has 1 rings (SSSR count). The van der Waals surface area contributed by atoms with Crippen LogP contribution in [0.3, 0.4) is 0 Å². The highest BCUT2D eigenvalue weighted by Crippen LogP contribution is 2.29. The van der Waals surface area contributed by atoms with Gasteiger partial charge in [0.25, 0.3) is 0 Å². The molecule has 0 saturated heterocycles. The molecule has 1 aromatic rings. The van der Waals surface area contributed by atoms with Crippen LogP contribution in [0.1, 0.15) is 10.8 Å². The minimum absolute atomic E-state index is 0.153. The number of nitriles is 1. The van der Waals surface area contributed by atoms with Crippen molar-refractivity contribution in [3.8, 4) is 6.07 Å². The summed E-state index contributed by atoms with van der Waals surface area (Å²) in [5, 5.41) is 8.51. The summed E-state index contributed by atoms with van der Waals surface area (Å²) in [6, 6.07) is 11.8. The Bertz CT molecular complexity index is 253. The Balaban J connectivity index is 2.85. The second kappa shape index (κ2) is 4.32. The van der Waals surface area contributed by atoms with E-state index in [0.717, 1.165) is 5.56 Å². The van der Waals surface area contributed by atoms with Crippen LogP contribution in [0.25, 0.3) is 0 Å². The zero-order chi connectivity index (χ0) is 8.10. The first-order valence-corrected chi connectivity index (χ1v) is 5.06. The zero-order valence-electron chi connectivity index (χ0n) is 5.77. The van der Waals surface area contributed by atoms with Gasteiger partial charge in [0.2, 0.25) is 0 Å². The highest BCUT2D eigenvalue weighted by atomic mass is 33.1. The Morgan fingerprint density at radius 3 is 2.45 bits per heavy atom. The fourth-order valence-corrected chi connectivity index (χ4v) is 1.62. The minimum Gasteiger partial charge on any atom is -0.197 e. The van der Waals surface area contributed by atoms with Gasteiger partial charge in [-0.3, -0.25) is 0 Å². The molecule has 1 nitrogen and oxygen atoms in total. The third-order valence-corrected chi connectivity index (χ3v) is 2.55. The second-order valence-corrected chi connectivity index (χ2v) is 3.34. The first-order valence-electron chi connectivity index (χ1n) is 3.13. The van der Waals surface area contributed by atoms with Crippen LogP contribution in [0.15, 0.2) is 30.3 Å². The van der Waals surface area contributed by atoms with E-state index < -0.39 is 0 Å². The average molecular weight is 181 g/mol. The van der Waals surface area contributed by atoms with Crippen molar-refractivity contribution in [1.29, 1.82) is 5.26 Å². The summed E-state index contributed by atoms with van der Waals surface area (Å²) in [6.45, 7) is 0. The van der Waals surface area contributed by atoms with Crippen molar-refractivity contribution < 1.29 is 0 Å². The molecule has 0 fully saturated rings. The first kappa shape index (κ1) is 8.51. The van der Waals surface area contributed by atoms with E-state index in [1.807, 2.05) is 30.3 Å². The predicted octanol–water partition coefficient (Wildman–Crippen LogP) is 2.83. The lowest BCUT2D eigenvalue weighted by Crippen LogP contribution is -1.85. The molecular weight excluding hydrogens is 174 g/mol. The monoisotopic (exact) mass is 181 g/mol. The molecular formula is C8H7NS2. The molecule has 11 heavy (non-hydrogen) atoms. The van der Waals surface area contributed by atoms with E-state index in [9.17, 15) is 0 Å². The Kier molecular flexibility index (Phi) is 3.34. The molecule has 0 heterocycles. The van der Waals surface area contributed by atoms with Gasteiger partial charge in [-0.15, -0.1) is 11.7 Å². The van der Waals surface area contributed by atoms with Gasteiger partial charge in [0, 0.05) is 0 Å². The number of hydrogen-bond acceptors (Lipinski definition) is 3. The Morgan fingerprint density at radius 2 is 2.00 bits per heavy atom. The molecule has 0 spiro atoms. The molecule has 0 aromatic heterocycles. The third kappa shape index (κ3) is 2.18. The molecule has 0 bridgehead atoms. The van der Waals surface area contributed by atoms with Crippen LogP contribution in [-0.4, -0.2) is 0 Å². The molecule has 1 aromatic carbocycles. The minimum atomic E-state index is -0.153. The number of thiol groups is 1. The molecule has 0 saturated carbocycles. The number of nitrogens with zero attached hydrogens (tertiary/aromatic N) is 1. The van der Waals surface area contributed by atoms with Gasteiger partial charge in [0.1, 0.15) is 5.25 Å². The summed E-state index contributed by atoms with van der Waals surface area (Å²) in [7, 11) is 1.26.